The molecule has 0 fully saturated rings. The number of fused-ring (bicyclic) bond motifs is 1. The first-order valence-corrected chi connectivity index (χ1v) is 14.2. The molecule has 2 heterocycles. The molecule has 10 nitrogen and oxygen atoms in total. The van der Waals surface area contributed by atoms with Crippen LogP contribution in [0.4, 0.5) is 10.8 Å². The van der Waals surface area contributed by atoms with Gasteiger partial charge in [0, 0.05) is 22.7 Å². The van der Waals surface area contributed by atoms with Gasteiger partial charge in [0.25, 0.3) is 15.9 Å². The lowest BCUT2D eigenvalue weighted by molar-refractivity contribution is -0.123. The first kappa shape index (κ1) is 26.2. The number of esters is 1. The number of nitrogens with zero attached hydrogens (tertiary/aromatic N) is 1. The number of sulfonamides is 1. The minimum atomic E-state index is -3.92. The number of nitrogens with one attached hydrogen (secondary N) is 2. The topological polar surface area (TPSA) is 133 Å². The average molecular weight is 566 g/mol. The number of amides is 1. The summed E-state index contributed by atoms with van der Waals surface area (Å²) in [5, 5.41) is 4.87. The van der Waals surface area contributed by atoms with E-state index in [0.717, 1.165) is 11.3 Å². The van der Waals surface area contributed by atoms with E-state index < -0.39 is 28.0 Å². The number of benzene rings is 3. The van der Waals surface area contributed by atoms with Crippen LogP contribution in [-0.4, -0.2) is 44.6 Å². The van der Waals surface area contributed by atoms with E-state index in [4.69, 9.17) is 14.2 Å². The molecule has 0 bridgehead atoms. The first-order chi connectivity index (χ1) is 18.8. The molecule has 5 rings (SSSR count). The van der Waals surface area contributed by atoms with E-state index in [9.17, 15) is 18.0 Å². The number of aromatic nitrogens is 1. The van der Waals surface area contributed by atoms with E-state index in [1.165, 1.54) is 60.7 Å². The van der Waals surface area contributed by atoms with Gasteiger partial charge in [-0.05, 0) is 43.3 Å². The molecule has 0 saturated heterocycles. The van der Waals surface area contributed by atoms with Crippen molar-refractivity contribution in [3.8, 4) is 22.8 Å². The van der Waals surface area contributed by atoms with Gasteiger partial charge in [0.15, 0.2) is 22.7 Å². The third kappa shape index (κ3) is 6.19. The number of rotatable bonds is 8. The van der Waals surface area contributed by atoms with Gasteiger partial charge in [-0.1, -0.05) is 30.3 Å². The Morgan fingerprint density at radius 1 is 0.974 bits per heavy atom. The summed E-state index contributed by atoms with van der Waals surface area (Å²) >= 11 is 1.26. The molecule has 0 spiro atoms. The number of thiazole rings is 1. The highest BCUT2D eigenvalue weighted by atomic mass is 32.2. The Balaban J connectivity index is 1.17. The number of ether oxygens (including phenoxy) is 3. The predicted molar refractivity (Wildman–Crippen MR) is 146 cm³/mol. The second kappa shape index (κ2) is 11.1. The quantitative estimate of drug-likeness (QED) is 0.297. The van der Waals surface area contributed by atoms with Gasteiger partial charge in [-0.2, -0.15) is 0 Å². The summed E-state index contributed by atoms with van der Waals surface area (Å²) in [4.78, 5) is 29.5. The fourth-order valence-corrected chi connectivity index (χ4v) is 5.44. The Kier molecular flexibility index (Phi) is 7.48. The molecule has 0 saturated carbocycles. The van der Waals surface area contributed by atoms with Gasteiger partial charge < -0.3 is 14.2 Å². The van der Waals surface area contributed by atoms with Crippen molar-refractivity contribution in [2.45, 2.75) is 17.9 Å². The van der Waals surface area contributed by atoms with Crippen LogP contribution in [0.3, 0.4) is 0 Å². The van der Waals surface area contributed by atoms with Crippen molar-refractivity contribution in [3.05, 3.63) is 83.7 Å². The molecule has 3 aromatic carbocycles. The Hall–Kier alpha value is -4.42. The van der Waals surface area contributed by atoms with E-state index >= 15 is 0 Å². The molecule has 4 aromatic rings. The standard InChI is InChI=1S/C27H23N3O7S2/c1-17(25(31)29-27-28-22(16-38-27)18-5-3-2-4-6-18)37-26(32)19-7-9-20(10-8-19)30-39(33,34)21-11-12-23-24(15-21)36-14-13-35-23/h2-12,15-17,30H,13-14H2,1H3,(H,28,29,31)/t17-/m0/s1. The maximum absolute atomic E-state index is 12.8. The largest absolute Gasteiger partial charge is 0.486 e. The molecule has 1 aliphatic heterocycles. The third-order valence-electron chi connectivity index (χ3n) is 5.65. The highest BCUT2D eigenvalue weighted by molar-refractivity contribution is 7.92. The SMILES string of the molecule is C[C@H](OC(=O)c1ccc(NS(=O)(=O)c2ccc3c(c2)OCCO3)cc1)C(=O)Nc1nc(-c2ccccc2)cs1. The van der Waals surface area contributed by atoms with Crippen LogP contribution in [-0.2, 0) is 19.6 Å². The van der Waals surface area contributed by atoms with Crippen LogP contribution >= 0.6 is 11.3 Å². The summed E-state index contributed by atoms with van der Waals surface area (Å²) in [5.41, 5.74) is 2.04. The molecule has 0 radical (unpaired) electrons. The lowest BCUT2D eigenvalue weighted by atomic mass is 10.2. The van der Waals surface area contributed by atoms with Gasteiger partial charge in [0.2, 0.25) is 0 Å². The second-order valence-electron chi connectivity index (χ2n) is 8.43. The predicted octanol–water partition coefficient (Wildman–Crippen LogP) is 4.57. The van der Waals surface area contributed by atoms with Crippen LogP contribution in [0.15, 0.2) is 83.1 Å². The van der Waals surface area contributed by atoms with Crippen molar-refractivity contribution in [2.75, 3.05) is 23.3 Å². The Labute approximate surface area is 228 Å². The summed E-state index contributed by atoms with van der Waals surface area (Å²) in [6.45, 7) is 2.19. The Bertz CT molecular complexity index is 1600. The molecule has 12 heteroatoms. The fourth-order valence-electron chi connectivity index (χ4n) is 3.64. The highest BCUT2D eigenvalue weighted by Gasteiger charge is 2.22. The van der Waals surface area contributed by atoms with Gasteiger partial charge in [-0.25, -0.2) is 18.2 Å². The van der Waals surface area contributed by atoms with E-state index in [-0.39, 0.29) is 16.1 Å². The number of hydrogen-bond donors (Lipinski definition) is 2. The van der Waals surface area contributed by atoms with Crippen LogP contribution in [0.25, 0.3) is 11.3 Å². The van der Waals surface area contributed by atoms with Crippen molar-refractivity contribution in [1.82, 2.24) is 4.98 Å². The zero-order chi connectivity index (χ0) is 27.4. The lowest BCUT2D eigenvalue weighted by Crippen LogP contribution is -2.30. The van der Waals surface area contributed by atoms with Crippen LogP contribution in [0.1, 0.15) is 17.3 Å². The summed E-state index contributed by atoms with van der Waals surface area (Å²) in [7, 11) is -3.92. The summed E-state index contributed by atoms with van der Waals surface area (Å²) < 4.78 is 44.2. The average Bonchev–Trinajstić information content (AvgIpc) is 3.42. The summed E-state index contributed by atoms with van der Waals surface area (Å²) in [6.07, 6.45) is -1.09. The summed E-state index contributed by atoms with van der Waals surface area (Å²) in [6, 6.07) is 19.6. The van der Waals surface area contributed by atoms with Gasteiger partial charge in [0.1, 0.15) is 13.2 Å². The van der Waals surface area contributed by atoms with Crippen molar-refractivity contribution >= 4 is 44.1 Å². The molecular formula is C27H23N3O7S2. The van der Waals surface area contributed by atoms with Gasteiger partial charge >= 0.3 is 5.97 Å². The molecule has 1 amide bonds. The fraction of sp³-hybridized carbons (Fsp3) is 0.148. The van der Waals surface area contributed by atoms with Gasteiger partial charge in [-0.15, -0.1) is 11.3 Å². The van der Waals surface area contributed by atoms with Gasteiger partial charge in [0.05, 0.1) is 16.2 Å². The van der Waals surface area contributed by atoms with E-state index in [1.54, 1.807) is 0 Å². The van der Waals surface area contributed by atoms with Crippen molar-refractivity contribution in [1.29, 1.82) is 0 Å². The van der Waals surface area contributed by atoms with Gasteiger partial charge in [-0.3, -0.25) is 14.8 Å². The third-order valence-corrected chi connectivity index (χ3v) is 7.79. The molecule has 2 N–H and O–H groups in total. The minimum Gasteiger partial charge on any atom is -0.486 e. The molecular weight excluding hydrogens is 542 g/mol. The van der Waals surface area contributed by atoms with Crippen molar-refractivity contribution < 1.29 is 32.2 Å². The molecule has 1 aromatic heterocycles. The monoisotopic (exact) mass is 565 g/mol. The zero-order valence-electron chi connectivity index (χ0n) is 20.6. The normalized spacial score (nSPS) is 13.3. The number of hydrogen-bond acceptors (Lipinski definition) is 9. The van der Waals surface area contributed by atoms with E-state index in [2.05, 4.69) is 15.0 Å². The molecule has 1 atom stereocenters. The van der Waals surface area contributed by atoms with Crippen molar-refractivity contribution in [2.24, 2.45) is 0 Å². The lowest BCUT2D eigenvalue weighted by Gasteiger charge is -2.19. The van der Waals surface area contributed by atoms with Crippen LogP contribution in [0, 0.1) is 0 Å². The number of carbonyl (C=O) groups is 2. The van der Waals surface area contributed by atoms with Crippen LogP contribution in [0.5, 0.6) is 11.5 Å². The molecule has 0 unspecified atom stereocenters. The van der Waals surface area contributed by atoms with Crippen molar-refractivity contribution in [3.63, 3.8) is 0 Å². The highest BCUT2D eigenvalue weighted by Crippen LogP contribution is 2.33. The van der Waals surface area contributed by atoms with E-state index in [1.807, 2.05) is 35.7 Å². The smallest absolute Gasteiger partial charge is 0.338 e. The Morgan fingerprint density at radius 3 is 2.44 bits per heavy atom. The maximum Gasteiger partial charge on any atom is 0.338 e. The molecule has 200 valence electrons. The van der Waals surface area contributed by atoms with Crippen LogP contribution < -0.4 is 19.5 Å². The number of anilines is 2. The maximum atomic E-state index is 12.8. The Morgan fingerprint density at radius 2 is 1.69 bits per heavy atom. The first-order valence-electron chi connectivity index (χ1n) is 11.8. The molecule has 39 heavy (non-hydrogen) atoms. The summed E-state index contributed by atoms with van der Waals surface area (Å²) in [5.74, 6) is -0.425. The minimum absolute atomic E-state index is 0.00573. The van der Waals surface area contributed by atoms with Crippen LogP contribution in [0.2, 0.25) is 0 Å². The molecule has 0 aliphatic carbocycles. The second-order valence-corrected chi connectivity index (χ2v) is 11.0. The number of carbonyl (C=O) groups excluding carboxylic acids is 2. The zero-order valence-corrected chi connectivity index (χ0v) is 22.3. The van der Waals surface area contributed by atoms with E-state index in [0.29, 0.717) is 29.8 Å². The molecule has 1 aliphatic rings.